The Bertz CT molecular complexity index is 494. The van der Waals surface area contributed by atoms with E-state index >= 15 is 0 Å². The molecule has 4 nitrogen and oxygen atoms in total. The van der Waals surface area contributed by atoms with Gasteiger partial charge in [-0.15, -0.1) is 0 Å². The van der Waals surface area contributed by atoms with Crippen molar-refractivity contribution in [2.24, 2.45) is 10.8 Å². The van der Waals surface area contributed by atoms with Crippen LogP contribution in [-0.4, -0.2) is 15.1 Å². The van der Waals surface area contributed by atoms with Gasteiger partial charge in [-0.05, 0) is 44.1 Å². The molecule has 1 aliphatic rings. The second-order valence-corrected chi connectivity index (χ2v) is 6.36. The highest BCUT2D eigenvalue weighted by Gasteiger charge is 2.45. The largest absolute Gasteiger partial charge is 0.385 e. The Balaban J connectivity index is 2.26. The van der Waals surface area contributed by atoms with Gasteiger partial charge in [0.15, 0.2) is 0 Å². The molecule has 1 aromatic heterocycles. The molecule has 1 aliphatic carbocycles. The van der Waals surface area contributed by atoms with Gasteiger partial charge in [0, 0.05) is 6.20 Å². The third kappa shape index (κ3) is 2.76. The maximum Gasteiger partial charge on any atom is 0.125 e. The summed E-state index contributed by atoms with van der Waals surface area (Å²) in [5, 5.41) is 20.1. The van der Waals surface area contributed by atoms with Crippen molar-refractivity contribution < 1.29 is 5.11 Å². The van der Waals surface area contributed by atoms with Crippen molar-refractivity contribution in [1.29, 1.82) is 5.26 Å². The van der Waals surface area contributed by atoms with E-state index in [4.69, 9.17) is 0 Å². The van der Waals surface area contributed by atoms with Gasteiger partial charge in [0.1, 0.15) is 11.9 Å². The minimum absolute atomic E-state index is 0.266. The fourth-order valence-electron chi connectivity index (χ4n) is 2.73. The smallest absolute Gasteiger partial charge is 0.125 e. The van der Waals surface area contributed by atoms with Crippen LogP contribution in [0.2, 0.25) is 0 Å². The van der Waals surface area contributed by atoms with Crippen LogP contribution in [0.15, 0.2) is 12.3 Å². The molecule has 0 amide bonds. The second-order valence-electron chi connectivity index (χ2n) is 6.36. The summed E-state index contributed by atoms with van der Waals surface area (Å²) in [5.74, 6) is 0.626. The van der Waals surface area contributed by atoms with Crippen molar-refractivity contribution >= 4 is 0 Å². The summed E-state index contributed by atoms with van der Waals surface area (Å²) in [5.41, 5.74) is 0.131. The van der Waals surface area contributed by atoms with Crippen LogP contribution in [0.1, 0.15) is 57.2 Å². The highest BCUT2D eigenvalue weighted by Crippen LogP contribution is 2.50. The van der Waals surface area contributed by atoms with Crippen LogP contribution < -0.4 is 0 Å². The molecule has 0 aromatic carbocycles. The van der Waals surface area contributed by atoms with Crippen LogP contribution >= 0.6 is 0 Å². The maximum atomic E-state index is 10.6. The van der Waals surface area contributed by atoms with Crippen LogP contribution in [0, 0.1) is 29.1 Å². The molecular weight excluding hydrogens is 238 g/mol. The molecule has 102 valence electrons. The molecule has 1 atom stereocenters. The van der Waals surface area contributed by atoms with Gasteiger partial charge in [-0.1, -0.05) is 13.8 Å². The molecule has 1 saturated carbocycles. The molecule has 2 rings (SSSR count). The lowest BCUT2D eigenvalue weighted by Crippen LogP contribution is -2.35. The molecule has 1 N–H and O–H groups in total. The van der Waals surface area contributed by atoms with Crippen molar-refractivity contribution in [3.05, 3.63) is 23.8 Å². The molecule has 4 heteroatoms. The third-order valence-corrected chi connectivity index (χ3v) is 4.32. The zero-order chi connectivity index (χ0) is 14.1. The fraction of sp³-hybridized carbons (Fsp3) is 0.667. The van der Waals surface area contributed by atoms with Gasteiger partial charge in [0.2, 0.25) is 0 Å². The molecule has 19 heavy (non-hydrogen) atoms. The van der Waals surface area contributed by atoms with Crippen LogP contribution in [0.5, 0.6) is 0 Å². The van der Waals surface area contributed by atoms with E-state index in [1.165, 1.54) is 0 Å². The summed E-state index contributed by atoms with van der Waals surface area (Å²) in [6.45, 7) is 6.23. The Labute approximate surface area is 114 Å². The molecule has 0 aliphatic heterocycles. The van der Waals surface area contributed by atoms with E-state index < -0.39 is 11.5 Å². The Kier molecular flexibility index (Phi) is 3.60. The fourth-order valence-corrected chi connectivity index (χ4v) is 2.73. The zero-order valence-corrected chi connectivity index (χ0v) is 11.8. The lowest BCUT2D eigenvalue weighted by atomic mass is 9.63. The zero-order valence-electron chi connectivity index (χ0n) is 11.8. The SMILES string of the molecule is Cc1nccc(C(O)C2(C#N)CCC(C)(C)CC2)n1. The van der Waals surface area contributed by atoms with Crippen molar-refractivity contribution in [3.63, 3.8) is 0 Å². The number of aliphatic hydroxyl groups excluding tert-OH is 1. The van der Waals surface area contributed by atoms with E-state index in [0.29, 0.717) is 11.5 Å². The normalized spacial score (nSPS) is 22.5. The number of aromatic nitrogens is 2. The summed E-state index contributed by atoms with van der Waals surface area (Å²) >= 11 is 0. The molecule has 0 bridgehead atoms. The monoisotopic (exact) mass is 259 g/mol. The molecule has 1 fully saturated rings. The predicted octanol–water partition coefficient (Wildman–Crippen LogP) is 2.93. The van der Waals surface area contributed by atoms with Gasteiger partial charge < -0.3 is 5.11 Å². The minimum Gasteiger partial charge on any atom is -0.385 e. The summed E-state index contributed by atoms with van der Waals surface area (Å²) in [6.07, 6.45) is 4.18. The van der Waals surface area contributed by atoms with E-state index in [-0.39, 0.29) is 5.41 Å². The second kappa shape index (κ2) is 4.90. The summed E-state index contributed by atoms with van der Waals surface area (Å²) in [4.78, 5) is 8.30. The number of aryl methyl sites for hydroxylation is 1. The average Bonchev–Trinajstić information content (AvgIpc) is 2.39. The van der Waals surface area contributed by atoms with E-state index in [2.05, 4.69) is 29.9 Å². The van der Waals surface area contributed by atoms with Gasteiger partial charge in [-0.25, -0.2) is 9.97 Å². The van der Waals surface area contributed by atoms with E-state index in [1.807, 2.05) is 0 Å². The van der Waals surface area contributed by atoms with Crippen LogP contribution in [-0.2, 0) is 0 Å². The molecule has 1 unspecified atom stereocenters. The molecule has 1 heterocycles. The van der Waals surface area contributed by atoms with E-state index in [0.717, 1.165) is 25.7 Å². The first-order valence-corrected chi connectivity index (χ1v) is 6.77. The predicted molar refractivity (Wildman–Crippen MR) is 72.0 cm³/mol. The average molecular weight is 259 g/mol. The van der Waals surface area contributed by atoms with E-state index in [9.17, 15) is 10.4 Å². The van der Waals surface area contributed by atoms with Gasteiger partial charge in [-0.3, -0.25) is 0 Å². The Hall–Kier alpha value is -1.47. The highest BCUT2D eigenvalue weighted by atomic mass is 16.3. The van der Waals surface area contributed by atoms with Crippen molar-refractivity contribution in [2.75, 3.05) is 0 Å². The molecular formula is C15H21N3O. The number of nitrogens with zero attached hydrogens (tertiary/aromatic N) is 3. The minimum atomic E-state index is -0.824. The van der Waals surface area contributed by atoms with Crippen LogP contribution in [0.4, 0.5) is 0 Å². The van der Waals surface area contributed by atoms with Crippen LogP contribution in [0.3, 0.4) is 0 Å². The Morgan fingerprint density at radius 3 is 2.47 bits per heavy atom. The first kappa shape index (κ1) is 14.0. The van der Waals surface area contributed by atoms with Crippen LogP contribution in [0.25, 0.3) is 0 Å². The summed E-state index contributed by atoms with van der Waals surface area (Å²) in [7, 11) is 0. The maximum absolute atomic E-state index is 10.6. The molecule has 0 saturated heterocycles. The lowest BCUT2D eigenvalue weighted by Gasteiger charge is -2.41. The Morgan fingerprint density at radius 1 is 1.32 bits per heavy atom. The quantitative estimate of drug-likeness (QED) is 0.886. The summed E-state index contributed by atoms with van der Waals surface area (Å²) < 4.78 is 0. The lowest BCUT2D eigenvalue weighted by molar-refractivity contribution is 0.00681. The third-order valence-electron chi connectivity index (χ3n) is 4.32. The van der Waals surface area contributed by atoms with E-state index in [1.54, 1.807) is 19.2 Å². The molecule has 0 spiro atoms. The van der Waals surface area contributed by atoms with Crippen molar-refractivity contribution in [2.45, 2.75) is 52.6 Å². The topological polar surface area (TPSA) is 69.8 Å². The number of nitriles is 1. The number of hydrogen-bond donors (Lipinski definition) is 1. The first-order chi connectivity index (χ1) is 8.88. The molecule has 0 radical (unpaired) electrons. The first-order valence-electron chi connectivity index (χ1n) is 6.77. The number of aliphatic hydroxyl groups is 1. The van der Waals surface area contributed by atoms with Crippen molar-refractivity contribution in [3.8, 4) is 6.07 Å². The van der Waals surface area contributed by atoms with Gasteiger partial charge in [0.25, 0.3) is 0 Å². The van der Waals surface area contributed by atoms with Gasteiger partial charge in [0.05, 0.1) is 17.2 Å². The number of rotatable bonds is 2. The van der Waals surface area contributed by atoms with Crippen molar-refractivity contribution in [1.82, 2.24) is 9.97 Å². The van der Waals surface area contributed by atoms with Gasteiger partial charge in [-0.2, -0.15) is 5.26 Å². The standard InChI is InChI=1S/C15H21N3O/c1-11-17-9-4-12(18-11)13(19)15(10-16)7-5-14(2,3)6-8-15/h4,9,13,19H,5-8H2,1-3H3. The molecule has 1 aromatic rings. The Morgan fingerprint density at radius 2 is 1.95 bits per heavy atom. The highest BCUT2D eigenvalue weighted by molar-refractivity contribution is 5.16. The number of hydrogen-bond acceptors (Lipinski definition) is 4. The summed E-state index contributed by atoms with van der Waals surface area (Å²) in [6, 6.07) is 4.07. The van der Waals surface area contributed by atoms with Gasteiger partial charge >= 0.3 is 0 Å².